The van der Waals surface area contributed by atoms with Gasteiger partial charge in [0.05, 0.1) is 18.0 Å². The monoisotopic (exact) mass is 310 g/mol. The molecule has 0 radical (unpaired) electrons. The fourth-order valence-corrected chi connectivity index (χ4v) is 2.26. The highest BCUT2D eigenvalue weighted by Gasteiger charge is 2.23. The Bertz CT molecular complexity index is 463. The van der Waals surface area contributed by atoms with Crippen LogP contribution < -0.4 is 11.1 Å². The zero-order chi connectivity index (χ0) is 15.8. The molecule has 0 aliphatic rings. The summed E-state index contributed by atoms with van der Waals surface area (Å²) in [4.78, 5) is 23.9. The van der Waals surface area contributed by atoms with E-state index in [1.807, 2.05) is 44.2 Å². The predicted octanol–water partition coefficient (Wildman–Crippen LogP) is 1.90. The van der Waals surface area contributed by atoms with E-state index < -0.39 is 12.1 Å². The Kier molecular flexibility index (Phi) is 7.40. The number of ketones is 1. The summed E-state index contributed by atoms with van der Waals surface area (Å²) in [7, 11) is 0. The number of alkyl halides is 1. The molecule has 0 aliphatic carbocycles. The Hall–Kier alpha value is -1.39. The number of amides is 1. The van der Waals surface area contributed by atoms with Crippen molar-refractivity contribution in [3.63, 3.8) is 0 Å². The lowest BCUT2D eigenvalue weighted by atomic mass is 9.99. The number of halogens is 1. The molecule has 0 unspecified atom stereocenters. The summed E-state index contributed by atoms with van der Waals surface area (Å²) >= 11 is 5.59. The molecule has 1 rings (SSSR count). The number of benzene rings is 1. The second kappa shape index (κ2) is 8.80. The van der Waals surface area contributed by atoms with E-state index in [4.69, 9.17) is 17.3 Å². The van der Waals surface area contributed by atoms with Crippen LogP contribution in [0, 0.1) is 5.92 Å². The van der Waals surface area contributed by atoms with Gasteiger partial charge in [0.15, 0.2) is 5.78 Å². The van der Waals surface area contributed by atoms with Crippen molar-refractivity contribution in [3.05, 3.63) is 35.9 Å². The van der Waals surface area contributed by atoms with Crippen molar-refractivity contribution >= 4 is 23.3 Å². The van der Waals surface area contributed by atoms with Crippen LogP contribution in [0.3, 0.4) is 0 Å². The summed E-state index contributed by atoms with van der Waals surface area (Å²) < 4.78 is 0. The van der Waals surface area contributed by atoms with Crippen LogP contribution in [-0.2, 0) is 16.0 Å². The smallest absolute Gasteiger partial charge is 0.237 e. The fourth-order valence-electron chi connectivity index (χ4n) is 2.07. The van der Waals surface area contributed by atoms with Crippen LogP contribution >= 0.6 is 11.6 Å². The van der Waals surface area contributed by atoms with Gasteiger partial charge < -0.3 is 11.1 Å². The molecule has 0 fully saturated rings. The number of nitrogens with two attached hydrogens (primary N) is 1. The standard InChI is InChI=1S/C16H23ClN2O2/c1-11(2)8-14(15(20)10-17)19-16(21)13(18)9-12-6-4-3-5-7-12/h3-7,11,13-14H,8-10,18H2,1-2H3,(H,19,21)/t13-,14-/m0/s1. The average Bonchev–Trinajstić information content (AvgIpc) is 2.46. The first-order chi connectivity index (χ1) is 9.93. The largest absolute Gasteiger partial charge is 0.345 e. The zero-order valence-corrected chi connectivity index (χ0v) is 13.3. The Balaban J connectivity index is 2.61. The van der Waals surface area contributed by atoms with Crippen LogP contribution in [0.4, 0.5) is 0 Å². The van der Waals surface area contributed by atoms with Gasteiger partial charge >= 0.3 is 0 Å². The number of hydrogen-bond acceptors (Lipinski definition) is 3. The summed E-state index contributed by atoms with van der Waals surface area (Å²) in [6.07, 6.45) is 1.01. The van der Waals surface area contributed by atoms with Gasteiger partial charge in [-0.1, -0.05) is 44.2 Å². The van der Waals surface area contributed by atoms with E-state index in [-0.39, 0.29) is 23.5 Å². The summed E-state index contributed by atoms with van der Waals surface area (Å²) in [6.45, 7) is 3.98. The third kappa shape index (κ3) is 6.27. The van der Waals surface area contributed by atoms with Gasteiger partial charge in [0.1, 0.15) is 0 Å². The minimum Gasteiger partial charge on any atom is -0.345 e. The lowest BCUT2D eigenvalue weighted by Crippen LogP contribution is -2.50. The number of carbonyl (C=O) groups excluding carboxylic acids is 2. The third-order valence-electron chi connectivity index (χ3n) is 3.18. The third-order valence-corrected chi connectivity index (χ3v) is 3.44. The van der Waals surface area contributed by atoms with E-state index in [0.717, 1.165) is 5.56 Å². The Morgan fingerprint density at radius 3 is 2.38 bits per heavy atom. The molecule has 0 saturated heterocycles. The van der Waals surface area contributed by atoms with Crippen LogP contribution in [-0.4, -0.2) is 29.7 Å². The van der Waals surface area contributed by atoms with Crippen molar-refractivity contribution in [3.8, 4) is 0 Å². The first-order valence-electron chi connectivity index (χ1n) is 7.12. The molecule has 0 saturated carbocycles. The van der Waals surface area contributed by atoms with Crippen LogP contribution in [0.2, 0.25) is 0 Å². The highest BCUT2D eigenvalue weighted by atomic mass is 35.5. The predicted molar refractivity (Wildman–Crippen MR) is 85.2 cm³/mol. The highest BCUT2D eigenvalue weighted by molar-refractivity contribution is 6.28. The summed E-state index contributed by atoms with van der Waals surface area (Å²) in [5.74, 6) is -0.313. The number of nitrogens with one attached hydrogen (secondary N) is 1. The highest BCUT2D eigenvalue weighted by Crippen LogP contribution is 2.08. The molecule has 0 bridgehead atoms. The van der Waals surface area contributed by atoms with E-state index in [1.165, 1.54) is 0 Å². The Morgan fingerprint density at radius 1 is 1.24 bits per heavy atom. The van der Waals surface area contributed by atoms with E-state index in [1.54, 1.807) is 0 Å². The molecule has 3 N–H and O–H groups in total. The maximum absolute atomic E-state index is 12.1. The average molecular weight is 311 g/mol. The van der Waals surface area contributed by atoms with Gasteiger partial charge in [-0.2, -0.15) is 0 Å². The Morgan fingerprint density at radius 2 is 1.86 bits per heavy atom. The normalized spacial score (nSPS) is 13.8. The molecule has 0 spiro atoms. The molecule has 0 aromatic heterocycles. The zero-order valence-electron chi connectivity index (χ0n) is 12.5. The fraction of sp³-hybridized carbons (Fsp3) is 0.500. The number of carbonyl (C=O) groups is 2. The van der Waals surface area contributed by atoms with E-state index in [0.29, 0.717) is 12.8 Å². The Labute approximate surface area is 131 Å². The molecule has 0 aliphatic heterocycles. The molecule has 1 aromatic carbocycles. The molecular weight excluding hydrogens is 288 g/mol. The summed E-state index contributed by atoms with van der Waals surface area (Å²) in [5, 5.41) is 2.72. The molecule has 4 nitrogen and oxygen atoms in total. The van der Waals surface area contributed by atoms with Crippen LogP contribution in [0.15, 0.2) is 30.3 Å². The van der Waals surface area contributed by atoms with Gasteiger partial charge in [-0.15, -0.1) is 11.6 Å². The SMILES string of the molecule is CC(C)C[C@H](NC(=O)[C@@H](N)Cc1ccccc1)C(=O)CCl. The first-order valence-corrected chi connectivity index (χ1v) is 7.66. The first kappa shape index (κ1) is 17.7. The molecule has 1 amide bonds. The van der Waals surface area contributed by atoms with Crippen LogP contribution in [0.25, 0.3) is 0 Å². The number of rotatable bonds is 8. The second-order valence-electron chi connectivity index (χ2n) is 5.59. The maximum atomic E-state index is 12.1. The van der Waals surface area contributed by atoms with Gasteiger partial charge in [-0.05, 0) is 24.3 Å². The molecule has 5 heteroatoms. The van der Waals surface area contributed by atoms with E-state index >= 15 is 0 Å². The molecule has 116 valence electrons. The molecule has 0 heterocycles. The van der Waals surface area contributed by atoms with Crippen LogP contribution in [0.1, 0.15) is 25.8 Å². The second-order valence-corrected chi connectivity index (χ2v) is 5.85. The topological polar surface area (TPSA) is 72.2 Å². The molecule has 2 atom stereocenters. The molecule has 21 heavy (non-hydrogen) atoms. The van der Waals surface area contributed by atoms with Gasteiger partial charge in [0, 0.05) is 0 Å². The number of hydrogen-bond donors (Lipinski definition) is 2. The lowest BCUT2D eigenvalue weighted by molar-refractivity contribution is -0.127. The van der Waals surface area contributed by atoms with E-state index in [9.17, 15) is 9.59 Å². The minimum absolute atomic E-state index is 0.106. The molecule has 1 aromatic rings. The van der Waals surface area contributed by atoms with Crippen molar-refractivity contribution in [2.45, 2.75) is 38.8 Å². The molecular formula is C16H23ClN2O2. The van der Waals surface area contributed by atoms with Gasteiger partial charge in [0.25, 0.3) is 0 Å². The minimum atomic E-state index is -0.676. The summed E-state index contributed by atoms with van der Waals surface area (Å²) in [5.41, 5.74) is 6.90. The van der Waals surface area contributed by atoms with Crippen molar-refractivity contribution in [1.29, 1.82) is 0 Å². The van der Waals surface area contributed by atoms with Crippen molar-refractivity contribution in [1.82, 2.24) is 5.32 Å². The lowest BCUT2D eigenvalue weighted by Gasteiger charge is -2.21. The number of Topliss-reactive ketones (excluding diaryl/α,β-unsaturated/α-hetero) is 1. The van der Waals surface area contributed by atoms with Crippen molar-refractivity contribution < 1.29 is 9.59 Å². The van der Waals surface area contributed by atoms with Gasteiger partial charge in [0.2, 0.25) is 5.91 Å². The van der Waals surface area contributed by atoms with Crippen molar-refractivity contribution in [2.75, 3.05) is 5.88 Å². The summed E-state index contributed by atoms with van der Waals surface area (Å²) in [6, 6.07) is 8.32. The van der Waals surface area contributed by atoms with Crippen LogP contribution in [0.5, 0.6) is 0 Å². The van der Waals surface area contributed by atoms with E-state index in [2.05, 4.69) is 5.32 Å². The maximum Gasteiger partial charge on any atom is 0.237 e. The quantitative estimate of drug-likeness (QED) is 0.720. The van der Waals surface area contributed by atoms with Gasteiger partial charge in [-0.25, -0.2) is 0 Å². The van der Waals surface area contributed by atoms with Crippen molar-refractivity contribution in [2.24, 2.45) is 11.7 Å². The van der Waals surface area contributed by atoms with Gasteiger partial charge in [-0.3, -0.25) is 9.59 Å².